The Morgan fingerprint density at radius 2 is 2.05 bits per heavy atom. The number of hydrogen-bond acceptors (Lipinski definition) is 4. The standard InChI is InChI=1S/C14H18N2O3/c1-2-19-14(18)15-13(17)10-16-8-7-11-5-3-4-6-12(11)9-16/h3-6H,2,7-10H2,1H3,(H,15,17,18). The second-order valence-electron chi connectivity index (χ2n) is 4.50. The minimum absolute atomic E-state index is 0.215. The lowest BCUT2D eigenvalue weighted by Gasteiger charge is -2.27. The van der Waals surface area contributed by atoms with E-state index in [1.165, 1.54) is 11.1 Å². The van der Waals surface area contributed by atoms with Crippen molar-refractivity contribution in [3.8, 4) is 0 Å². The lowest BCUT2D eigenvalue weighted by atomic mass is 10.00. The van der Waals surface area contributed by atoms with Crippen LogP contribution < -0.4 is 5.32 Å². The van der Waals surface area contributed by atoms with Crippen molar-refractivity contribution in [2.24, 2.45) is 0 Å². The third-order valence-corrected chi connectivity index (χ3v) is 3.09. The van der Waals surface area contributed by atoms with Crippen LogP contribution in [0.3, 0.4) is 0 Å². The lowest BCUT2D eigenvalue weighted by molar-refractivity contribution is -0.121. The first-order chi connectivity index (χ1) is 9.19. The minimum Gasteiger partial charge on any atom is -0.450 e. The highest BCUT2D eigenvalue weighted by atomic mass is 16.5. The highest BCUT2D eigenvalue weighted by Gasteiger charge is 2.19. The molecule has 1 aromatic carbocycles. The zero-order valence-electron chi connectivity index (χ0n) is 11.0. The van der Waals surface area contributed by atoms with Crippen LogP contribution in [0, 0.1) is 0 Å². The summed E-state index contributed by atoms with van der Waals surface area (Å²) < 4.78 is 4.67. The van der Waals surface area contributed by atoms with Gasteiger partial charge in [0.05, 0.1) is 13.2 Å². The molecule has 1 N–H and O–H groups in total. The fraction of sp³-hybridized carbons (Fsp3) is 0.429. The van der Waals surface area contributed by atoms with E-state index in [0.29, 0.717) is 0 Å². The van der Waals surface area contributed by atoms with Crippen molar-refractivity contribution < 1.29 is 14.3 Å². The Kier molecular flexibility index (Phi) is 4.52. The molecule has 0 fully saturated rings. The van der Waals surface area contributed by atoms with E-state index in [4.69, 9.17) is 0 Å². The molecule has 0 aliphatic carbocycles. The van der Waals surface area contributed by atoms with Gasteiger partial charge in [0.25, 0.3) is 0 Å². The molecule has 1 heterocycles. The number of rotatable bonds is 3. The smallest absolute Gasteiger partial charge is 0.413 e. The number of fused-ring (bicyclic) bond motifs is 1. The molecule has 5 heteroatoms. The molecule has 5 nitrogen and oxygen atoms in total. The van der Waals surface area contributed by atoms with Crippen LogP contribution >= 0.6 is 0 Å². The zero-order chi connectivity index (χ0) is 13.7. The second-order valence-corrected chi connectivity index (χ2v) is 4.50. The fourth-order valence-electron chi connectivity index (χ4n) is 2.21. The number of ether oxygens (including phenoxy) is 1. The molecule has 2 amide bonds. The summed E-state index contributed by atoms with van der Waals surface area (Å²) in [5.41, 5.74) is 2.59. The highest BCUT2D eigenvalue weighted by molar-refractivity contribution is 5.92. The van der Waals surface area contributed by atoms with E-state index in [1.54, 1.807) is 6.92 Å². The average molecular weight is 262 g/mol. The summed E-state index contributed by atoms with van der Waals surface area (Å²) in [5.74, 6) is -0.321. The quantitative estimate of drug-likeness (QED) is 0.892. The molecule has 1 aromatic rings. The molecule has 0 saturated carbocycles. The summed E-state index contributed by atoms with van der Waals surface area (Å²) in [6, 6.07) is 8.22. The molecule has 102 valence electrons. The Labute approximate surface area is 112 Å². The minimum atomic E-state index is -0.676. The molecule has 19 heavy (non-hydrogen) atoms. The Balaban J connectivity index is 1.85. The largest absolute Gasteiger partial charge is 0.450 e. The maximum absolute atomic E-state index is 11.7. The number of nitrogens with one attached hydrogen (secondary N) is 1. The van der Waals surface area contributed by atoms with Gasteiger partial charge in [-0.05, 0) is 24.5 Å². The Bertz CT molecular complexity index is 474. The highest BCUT2D eigenvalue weighted by Crippen LogP contribution is 2.17. The number of imide groups is 1. The van der Waals surface area contributed by atoms with Gasteiger partial charge in [-0.1, -0.05) is 24.3 Å². The predicted molar refractivity (Wildman–Crippen MR) is 70.6 cm³/mol. The lowest BCUT2D eigenvalue weighted by Crippen LogP contribution is -2.42. The number of carbonyl (C=O) groups excluding carboxylic acids is 2. The van der Waals surface area contributed by atoms with E-state index in [0.717, 1.165) is 19.5 Å². The third kappa shape index (κ3) is 3.79. The van der Waals surface area contributed by atoms with E-state index in [1.807, 2.05) is 17.0 Å². The Morgan fingerprint density at radius 1 is 1.32 bits per heavy atom. The number of nitrogens with zero attached hydrogens (tertiary/aromatic N) is 1. The van der Waals surface area contributed by atoms with Crippen LogP contribution in [0.25, 0.3) is 0 Å². The molecule has 0 spiro atoms. The molecule has 0 atom stereocenters. The molecule has 1 aliphatic heterocycles. The molecule has 0 aromatic heterocycles. The van der Waals surface area contributed by atoms with Crippen LogP contribution in [0.4, 0.5) is 4.79 Å². The maximum Gasteiger partial charge on any atom is 0.413 e. The summed E-state index contributed by atoms with van der Waals surface area (Å²) in [6.45, 7) is 3.74. The molecule has 0 radical (unpaired) electrons. The summed E-state index contributed by atoms with van der Waals surface area (Å²) in [6.07, 6.45) is 0.257. The monoisotopic (exact) mass is 262 g/mol. The van der Waals surface area contributed by atoms with Gasteiger partial charge in [0.1, 0.15) is 0 Å². The van der Waals surface area contributed by atoms with E-state index in [-0.39, 0.29) is 19.1 Å². The van der Waals surface area contributed by atoms with Crippen molar-refractivity contribution in [1.29, 1.82) is 0 Å². The first kappa shape index (κ1) is 13.5. The predicted octanol–water partition coefficient (Wildman–Crippen LogP) is 1.32. The van der Waals surface area contributed by atoms with E-state index in [9.17, 15) is 9.59 Å². The molecular formula is C14H18N2O3. The van der Waals surface area contributed by atoms with Gasteiger partial charge in [-0.3, -0.25) is 15.0 Å². The first-order valence-electron chi connectivity index (χ1n) is 6.44. The van der Waals surface area contributed by atoms with Gasteiger partial charge in [-0.15, -0.1) is 0 Å². The van der Waals surface area contributed by atoms with Crippen LogP contribution in [0.15, 0.2) is 24.3 Å². The molecule has 2 rings (SSSR count). The zero-order valence-corrected chi connectivity index (χ0v) is 11.0. The number of benzene rings is 1. The molecular weight excluding hydrogens is 244 g/mol. The average Bonchev–Trinajstić information content (AvgIpc) is 2.38. The van der Waals surface area contributed by atoms with Gasteiger partial charge in [0.2, 0.25) is 5.91 Å². The van der Waals surface area contributed by atoms with E-state index < -0.39 is 6.09 Å². The normalized spacial score (nSPS) is 14.6. The van der Waals surface area contributed by atoms with Gasteiger partial charge in [-0.2, -0.15) is 0 Å². The van der Waals surface area contributed by atoms with Crippen LogP contribution in [0.5, 0.6) is 0 Å². The maximum atomic E-state index is 11.7. The number of hydrogen-bond donors (Lipinski definition) is 1. The first-order valence-corrected chi connectivity index (χ1v) is 6.44. The van der Waals surface area contributed by atoms with E-state index >= 15 is 0 Å². The van der Waals surface area contributed by atoms with Crippen molar-refractivity contribution in [2.75, 3.05) is 19.7 Å². The van der Waals surface area contributed by atoms with Crippen molar-refractivity contribution in [3.05, 3.63) is 35.4 Å². The molecule has 0 bridgehead atoms. The number of carbonyl (C=O) groups is 2. The van der Waals surface area contributed by atoms with Gasteiger partial charge in [-0.25, -0.2) is 4.79 Å². The van der Waals surface area contributed by atoms with Gasteiger partial charge >= 0.3 is 6.09 Å². The topological polar surface area (TPSA) is 58.6 Å². The third-order valence-electron chi connectivity index (χ3n) is 3.09. The second kappa shape index (κ2) is 6.33. The van der Waals surface area contributed by atoms with Crippen molar-refractivity contribution >= 4 is 12.0 Å². The van der Waals surface area contributed by atoms with Crippen LogP contribution in [0.2, 0.25) is 0 Å². The van der Waals surface area contributed by atoms with Crippen LogP contribution in [-0.2, 0) is 22.5 Å². The van der Waals surface area contributed by atoms with Crippen LogP contribution in [0.1, 0.15) is 18.1 Å². The number of alkyl carbamates (subject to hydrolysis) is 1. The Morgan fingerprint density at radius 3 is 2.79 bits per heavy atom. The summed E-state index contributed by atoms with van der Waals surface area (Å²) in [5, 5.41) is 2.21. The Hall–Kier alpha value is -1.88. The van der Waals surface area contributed by atoms with Gasteiger partial charge < -0.3 is 4.74 Å². The van der Waals surface area contributed by atoms with Crippen molar-refractivity contribution in [2.45, 2.75) is 19.9 Å². The molecule has 1 aliphatic rings. The van der Waals surface area contributed by atoms with Crippen molar-refractivity contribution in [3.63, 3.8) is 0 Å². The van der Waals surface area contributed by atoms with Crippen LogP contribution in [-0.4, -0.2) is 36.6 Å². The molecule has 0 saturated heterocycles. The SMILES string of the molecule is CCOC(=O)NC(=O)CN1CCc2ccccc2C1. The van der Waals surface area contributed by atoms with E-state index in [2.05, 4.69) is 22.2 Å². The summed E-state index contributed by atoms with van der Waals surface area (Å²) >= 11 is 0. The van der Waals surface area contributed by atoms with Crippen molar-refractivity contribution in [1.82, 2.24) is 10.2 Å². The van der Waals surface area contributed by atoms with Gasteiger partial charge in [0, 0.05) is 13.1 Å². The summed E-state index contributed by atoms with van der Waals surface area (Å²) in [4.78, 5) is 24.8. The summed E-state index contributed by atoms with van der Waals surface area (Å²) in [7, 11) is 0. The fourth-order valence-corrected chi connectivity index (χ4v) is 2.21. The molecule has 0 unspecified atom stereocenters. The number of amides is 2. The van der Waals surface area contributed by atoms with Gasteiger partial charge in [0.15, 0.2) is 0 Å².